The second-order valence-electron chi connectivity index (χ2n) is 6.23. The first kappa shape index (κ1) is 17.7. The number of hydrogen-bond acceptors (Lipinski definition) is 4. The fourth-order valence-corrected chi connectivity index (χ4v) is 2.97. The van der Waals surface area contributed by atoms with Crippen LogP contribution in [0.4, 0.5) is 5.82 Å². The quantitative estimate of drug-likeness (QED) is 0.707. The minimum atomic E-state index is -0.968. The van der Waals surface area contributed by atoms with E-state index in [0.29, 0.717) is 12.5 Å². The van der Waals surface area contributed by atoms with Gasteiger partial charge in [0.05, 0.1) is 12.2 Å². The Morgan fingerprint density at radius 2 is 2.16 bits per heavy atom. The van der Waals surface area contributed by atoms with Crippen molar-refractivity contribution in [2.75, 3.05) is 18.1 Å². The molecule has 25 heavy (non-hydrogen) atoms. The number of hydrogen-bond donors (Lipinski definition) is 1. The molecule has 1 aliphatic carbocycles. The fraction of sp³-hybridized carbons (Fsp3) is 0.368. The normalized spacial score (nSPS) is 13.5. The Hall–Kier alpha value is -2.08. The van der Waals surface area contributed by atoms with E-state index in [1.54, 1.807) is 12.1 Å². The van der Waals surface area contributed by atoms with E-state index in [4.69, 9.17) is 9.84 Å². The van der Waals surface area contributed by atoms with Gasteiger partial charge in [0.15, 0.2) is 0 Å². The first-order chi connectivity index (χ1) is 12.1. The highest BCUT2D eigenvalue weighted by Gasteiger charge is 2.22. The zero-order valence-electron chi connectivity index (χ0n) is 14.1. The van der Waals surface area contributed by atoms with E-state index in [0.717, 1.165) is 34.8 Å². The van der Waals surface area contributed by atoms with E-state index in [9.17, 15) is 4.79 Å². The third-order valence-corrected chi connectivity index (χ3v) is 4.75. The molecule has 1 saturated carbocycles. The molecule has 0 spiro atoms. The lowest BCUT2D eigenvalue weighted by Crippen LogP contribution is -2.23. The number of aromatic nitrogens is 1. The maximum Gasteiger partial charge on any atom is 0.337 e. The highest BCUT2D eigenvalue weighted by Crippen LogP contribution is 2.32. The average molecular weight is 405 g/mol. The highest BCUT2D eigenvalue weighted by atomic mass is 79.9. The van der Waals surface area contributed by atoms with Crippen molar-refractivity contribution >= 4 is 27.7 Å². The lowest BCUT2D eigenvalue weighted by molar-refractivity contribution is 0.0696. The molecule has 0 bridgehead atoms. The van der Waals surface area contributed by atoms with E-state index < -0.39 is 5.97 Å². The maximum absolute atomic E-state index is 11.0. The van der Waals surface area contributed by atoms with Crippen LogP contribution in [0.2, 0.25) is 0 Å². The molecule has 0 saturated heterocycles. The Morgan fingerprint density at radius 1 is 1.36 bits per heavy atom. The van der Waals surface area contributed by atoms with E-state index in [1.165, 1.54) is 19.0 Å². The summed E-state index contributed by atoms with van der Waals surface area (Å²) in [5, 5.41) is 9.01. The van der Waals surface area contributed by atoms with Crippen LogP contribution in [0.15, 0.2) is 41.0 Å². The molecule has 1 N–H and O–H groups in total. The second kappa shape index (κ2) is 7.87. The lowest BCUT2D eigenvalue weighted by atomic mass is 10.2. The van der Waals surface area contributed by atoms with Crippen molar-refractivity contribution in [1.82, 2.24) is 4.98 Å². The number of halogens is 1. The van der Waals surface area contributed by atoms with E-state index in [2.05, 4.69) is 38.8 Å². The lowest BCUT2D eigenvalue weighted by Gasteiger charge is -2.23. The standard InChI is InChI=1S/C19H21BrN2O3/c1-2-22(18-8-5-14(10-21-18)19(23)24)11-15-9-16(20)6-7-17(15)25-12-13-3-4-13/h5-10,13H,2-4,11-12H2,1H3,(H,23,24). The van der Waals surface area contributed by atoms with Crippen molar-refractivity contribution in [3.8, 4) is 5.75 Å². The molecule has 0 amide bonds. The predicted molar refractivity (Wildman–Crippen MR) is 100 cm³/mol. The molecule has 1 fully saturated rings. The molecule has 1 heterocycles. The second-order valence-corrected chi connectivity index (χ2v) is 7.15. The van der Waals surface area contributed by atoms with E-state index in [-0.39, 0.29) is 5.56 Å². The van der Waals surface area contributed by atoms with Crippen LogP contribution in [0.1, 0.15) is 35.7 Å². The smallest absolute Gasteiger partial charge is 0.337 e. The van der Waals surface area contributed by atoms with Crippen LogP contribution in [0.3, 0.4) is 0 Å². The van der Waals surface area contributed by atoms with Gasteiger partial charge in [-0.15, -0.1) is 0 Å². The molecule has 6 heteroatoms. The SMILES string of the molecule is CCN(Cc1cc(Br)ccc1OCC1CC1)c1ccc(C(=O)O)cn1. The van der Waals surface area contributed by atoms with Gasteiger partial charge in [-0.05, 0) is 56.0 Å². The average Bonchev–Trinajstić information content (AvgIpc) is 3.43. The number of ether oxygens (including phenoxy) is 1. The van der Waals surface area contributed by atoms with Gasteiger partial charge in [-0.2, -0.15) is 0 Å². The molecule has 0 unspecified atom stereocenters. The van der Waals surface area contributed by atoms with Crippen molar-refractivity contribution < 1.29 is 14.6 Å². The number of aromatic carboxylic acids is 1. The van der Waals surface area contributed by atoms with Gasteiger partial charge < -0.3 is 14.7 Å². The van der Waals surface area contributed by atoms with Gasteiger partial charge in [-0.25, -0.2) is 9.78 Å². The number of carbonyl (C=O) groups is 1. The molecule has 0 aliphatic heterocycles. The van der Waals surface area contributed by atoms with Gasteiger partial charge in [-0.3, -0.25) is 0 Å². The van der Waals surface area contributed by atoms with Gasteiger partial charge in [0.2, 0.25) is 0 Å². The summed E-state index contributed by atoms with van der Waals surface area (Å²) in [7, 11) is 0. The van der Waals surface area contributed by atoms with Crippen LogP contribution in [0.25, 0.3) is 0 Å². The first-order valence-electron chi connectivity index (χ1n) is 8.42. The molecule has 0 atom stereocenters. The first-order valence-corrected chi connectivity index (χ1v) is 9.21. The van der Waals surface area contributed by atoms with Gasteiger partial charge >= 0.3 is 5.97 Å². The predicted octanol–water partition coefficient (Wildman–Crippen LogP) is 4.36. The number of carboxylic acids is 1. The monoisotopic (exact) mass is 404 g/mol. The summed E-state index contributed by atoms with van der Waals surface area (Å²) in [5.41, 5.74) is 1.27. The number of anilines is 1. The van der Waals surface area contributed by atoms with Gasteiger partial charge in [0, 0.05) is 29.3 Å². The molecule has 5 nitrogen and oxygen atoms in total. The molecular formula is C19H21BrN2O3. The summed E-state index contributed by atoms with van der Waals surface area (Å²) >= 11 is 3.53. The molecule has 3 rings (SSSR count). The summed E-state index contributed by atoms with van der Waals surface area (Å²) in [6, 6.07) is 9.38. The third-order valence-electron chi connectivity index (χ3n) is 4.26. The number of carboxylic acid groups (broad SMARTS) is 1. The van der Waals surface area contributed by atoms with Crippen molar-refractivity contribution in [3.63, 3.8) is 0 Å². The van der Waals surface area contributed by atoms with Crippen LogP contribution < -0.4 is 9.64 Å². The fourth-order valence-electron chi connectivity index (χ4n) is 2.56. The summed E-state index contributed by atoms with van der Waals surface area (Å²) in [6.07, 6.45) is 3.91. The van der Waals surface area contributed by atoms with Crippen LogP contribution in [0.5, 0.6) is 5.75 Å². The van der Waals surface area contributed by atoms with E-state index >= 15 is 0 Å². The summed E-state index contributed by atoms with van der Waals surface area (Å²) in [5.74, 6) is 1.38. The third kappa shape index (κ3) is 4.72. The molecule has 2 aromatic rings. The molecule has 1 aliphatic rings. The Balaban J connectivity index is 1.77. The summed E-state index contributed by atoms with van der Waals surface area (Å²) in [6.45, 7) is 4.23. The molecule has 1 aromatic carbocycles. The molecule has 132 valence electrons. The number of pyridine rings is 1. The molecule has 1 aromatic heterocycles. The number of nitrogens with zero attached hydrogens (tertiary/aromatic N) is 2. The summed E-state index contributed by atoms with van der Waals surface area (Å²) in [4.78, 5) is 17.4. The van der Waals surface area contributed by atoms with Gasteiger partial charge in [-0.1, -0.05) is 15.9 Å². The minimum absolute atomic E-state index is 0.190. The molecule has 0 radical (unpaired) electrons. The zero-order valence-corrected chi connectivity index (χ0v) is 15.7. The Kier molecular flexibility index (Phi) is 5.58. The molecular weight excluding hydrogens is 384 g/mol. The minimum Gasteiger partial charge on any atom is -0.493 e. The Labute approximate surface area is 155 Å². The van der Waals surface area contributed by atoms with Crippen molar-refractivity contribution in [1.29, 1.82) is 0 Å². The summed E-state index contributed by atoms with van der Waals surface area (Å²) < 4.78 is 7.01. The topological polar surface area (TPSA) is 62.7 Å². The maximum atomic E-state index is 11.0. The van der Waals surface area contributed by atoms with Gasteiger partial charge in [0.25, 0.3) is 0 Å². The number of benzene rings is 1. The van der Waals surface area contributed by atoms with Crippen LogP contribution in [-0.2, 0) is 6.54 Å². The van der Waals surface area contributed by atoms with Crippen molar-refractivity contribution in [2.45, 2.75) is 26.3 Å². The van der Waals surface area contributed by atoms with Crippen molar-refractivity contribution in [3.05, 3.63) is 52.1 Å². The Bertz CT molecular complexity index is 745. The van der Waals surface area contributed by atoms with Crippen molar-refractivity contribution in [2.24, 2.45) is 5.92 Å². The van der Waals surface area contributed by atoms with Crippen LogP contribution >= 0.6 is 15.9 Å². The highest BCUT2D eigenvalue weighted by molar-refractivity contribution is 9.10. The number of rotatable bonds is 8. The van der Waals surface area contributed by atoms with E-state index in [1.807, 2.05) is 12.1 Å². The largest absolute Gasteiger partial charge is 0.493 e. The van der Waals surface area contributed by atoms with Gasteiger partial charge in [0.1, 0.15) is 11.6 Å². The van der Waals surface area contributed by atoms with Crippen LogP contribution in [0, 0.1) is 5.92 Å². The Morgan fingerprint density at radius 3 is 2.76 bits per heavy atom. The zero-order chi connectivity index (χ0) is 17.8. The van der Waals surface area contributed by atoms with Crippen LogP contribution in [-0.4, -0.2) is 29.2 Å².